The Bertz CT molecular complexity index is 206. The average molecular weight is 238 g/mol. The van der Waals surface area contributed by atoms with Gasteiger partial charge in [0.05, 0.1) is 11.7 Å². The Kier molecular flexibility index (Phi) is 4.71. The third-order valence-electron chi connectivity index (χ3n) is 2.18. The van der Waals surface area contributed by atoms with Gasteiger partial charge in [-0.3, -0.25) is 4.90 Å². The highest BCUT2D eigenvalue weighted by Crippen LogP contribution is 2.21. The SMILES string of the molecule is CC1(C)CN(C/C=C/Cl)CC(CCl)O1. The lowest BCUT2D eigenvalue weighted by atomic mass is 10.1. The Hall–Kier alpha value is 0.240. The molecule has 0 aliphatic carbocycles. The zero-order valence-corrected chi connectivity index (χ0v) is 10.2. The number of alkyl halides is 1. The van der Waals surface area contributed by atoms with Crippen molar-refractivity contribution in [3.63, 3.8) is 0 Å². The number of hydrogen-bond acceptors (Lipinski definition) is 2. The van der Waals surface area contributed by atoms with Gasteiger partial charge in [-0.05, 0) is 13.8 Å². The molecule has 1 atom stereocenters. The van der Waals surface area contributed by atoms with Gasteiger partial charge in [0.15, 0.2) is 0 Å². The maximum Gasteiger partial charge on any atom is 0.0845 e. The van der Waals surface area contributed by atoms with E-state index >= 15 is 0 Å². The van der Waals surface area contributed by atoms with E-state index in [1.165, 1.54) is 0 Å². The van der Waals surface area contributed by atoms with Crippen molar-refractivity contribution in [1.29, 1.82) is 0 Å². The van der Waals surface area contributed by atoms with E-state index in [4.69, 9.17) is 27.9 Å². The minimum Gasteiger partial charge on any atom is -0.368 e. The topological polar surface area (TPSA) is 12.5 Å². The first-order valence-corrected chi connectivity index (χ1v) is 5.76. The molecule has 1 saturated heterocycles. The van der Waals surface area contributed by atoms with Gasteiger partial charge in [0.1, 0.15) is 0 Å². The van der Waals surface area contributed by atoms with E-state index in [0.717, 1.165) is 19.6 Å². The van der Waals surface area contributed by atoms with Crippen molar-refractivity contribution >= 4 is 23.2 Å². The molecule has 1 heterocycles. The van der Waals surface area contributed by atoms with Gasteiger partial charge in [0.2, 0.25) is 0 Å². The van der Waals surface area contributed by atoms with E-state index in [2.05, 4.69) is 18.7 Å². The fourth-order valence-corrected chi connectivity index (χ4v) is 2.07. The van der Waals surface area contributed by atoms with E-state index in [0.29, 0.717) is 5.88 Å². The average Bonchev–Trinajstić information content (AvgIpc) is 2.12. The molecule has 1 rings (SSSR count). The molecule has 0 aromatic heterocycles. The van der Waals surface area contributed by atoms with Crippen LogP contribution in [0.2, 0.25) is 0 Å². The summed E-state index contributed by atoms with van der Waals surface area (Å²) in [6.07, 6.45) is 2.07. The molecule has 0 bridgehead atoms. The van der Waals surface area contributed by atoms with E-state index in [1.807, 2.05) is 6.08 Å². The number of hydrogen-bond donors (Lipinski definition) is 0. The number of ether oxygens (including phenoxy) is 1. The maximum absolute atomic E-state index is 5.81. The molecule has 0 amide bonds. The molecule has 2 nitrogen and oxygen atoms in total. The highest BCUT2D eigenvalue weighted by molar-refractivity contribution is 6.25. The first-order valence-electron chi connectivity index (χ1n) is 4.79. The first-order chi connectivity index (χ1) is 6.57. The van der Waals surface area contributed by atoms with Gasteiger partial charge in [0, 0.05) is 31.0 Å². The molecule has 1 aliphatic rings. The van der Waals surface area contributed by atoms with Crippen LogP contribution in [0, 0.1) is 0 Å². The molecule has 1 fully saturated rings. The fourth-order valence-electron chi connectivity index (χ4n) is 1.83. The molecule has 82 valence electrons. The highest BCUT2D eigenvalue weighted by atomic mass is 35.5. The van der Waals surface area contributed by atoms with Crippen LogP contribution < -0.4 is 0 Å². The van der Waals surface area contributed by atoms with Crippen molar-refractivity contribution < 1.29 is 4.74 Å². The second kappa shape index (κ2) is 5.36. The van der Waals surface area contributed by atoms with Gasteiger partial charge in [-0.15, -0.1) is 11.6 Å². The number of halogens is 2. The minimum atomic E-state index is -0.113. The number of morpholine rings is 1. The monoisotopic (exact) mass is 237 g/mol. The van der Waals surface area contributed by atoms with Gasteiger partial charge < -0.3 is 4.74 Å². The van der Waals surface area contributed by atoms with Crippen LogP contribution in [0.4, 0.5) is 0 Å². The van der Waals surface area contributed by atoms with Crippen molar-refractivity contribution in [2.75, 3.05) is 25.5 Å². The van der Waals surface area contributed by atoms with Crippen LogP contribution in [-0.2, 0) is 4.74 Å². The van der Waals surface area contributed by atoms with Crippen molar-refractivity contribution in [3.05, 3.63) is 11.6 Å². The summed E-state index contributed by atoms with van der Waals surface area (Å²) < 4.78 is 5.80. The standard InChI is InChI=1S/C10H17Cl2NO/c1-10(2)8-13(5-3-4-11)7-9(6-12)14-10/h3-4,9H,5-8H2,1-2H3/b4-3+. The minimum absolute atomic E-state index is 0.113. The first kappa shape index (κ1) is 12.3. The Labute approximate surface area is 95.8 Å². The van der Waals surface area contributed by atoms with Crippen molar-refractivity contribution in [1.82, 2.24) is 4.90 Å². The van der Waals surface area contributed by atoms with Gasteiger partial charge in [-0.1, -0.05) is 17.7 Å². The lowest BCUT2D eigenvalue weighted by Crippen LogP contribution is -2.53. The summed E-state index contributed by atoms with van der Waals surface area (Å²) in [6, 6.07) is 0. The molecule has 0 spiro atoms. The summed E-state index contributed by atoms with van der Waals surface area (Å²) in [4.78, 5) is 2.30. The highest BCUT2D eigenvalue weighted by Gasteiger charge is 2.32. The largest absolute Gasteiger partial charge is 0.368 e. The van der Waals surface area contributed by atoms with Gasteiger partial charge in [0.25, 0.3) is 0 Å². The predicted octanol–water partition coefficient (Wildman–Crippen LogP) is 2.46. The molecule has 0 aromatic carbocycles. The van der Waals surface area contributed by atoms with Crippen LogP contribution in [0.25, 0.3) is 0 Å². The molecule has 0 saturated carbocycles. The molecule has 14 heavy (non-hydrogen) atoms. The molecule has 4 heteroatoms. The third kappa shape index (κ3) is 3.77. The van der Waals surface area contributed by atoms with Crippen molar-refractivity contribution in [2.24, 2.45) is 0 Å². The predicted molar refractivity (Wildman–Crippen MR) is 61.1 cm³/mol. The lowest BCUT2D eigenvalue weighted by Gasteiger charge is -2.41. The zero-order chi connectivity index (χ0) is 10.6. The Morgan fingerprint density at radius 3 is 2.86 bits per heavy atom. The summed E-state index contributed by atoms with van der Waals surface area (Å²) in [5, 5.41) is 0. The summed E-state index contributed by atoms with van der Waals surface area (Å²) >= 11 is 11.3. The second-order valence-corrected chi connectivity index (χ2v) is 4.77. The van der Waals surface area contributed by atoms with Crippen LogP contribution in [0.15, 0.2) is 11.6 Å². The zero-order valence-electron chi connectivity index (χ0n) is 8.67. The molecular weight excluding hydrogens is 221 g/mol. The van der Waals surface area contributed by atoms with E-state index in [-0.39, 0.29) is 11.7 Å². The fraction of sp³-hybridized carbons (Fsp3) is 0.800. The summed E-state index contributed by atoms with van der Waals surface area (Å²) in [7, 11) is 0. The van der Waals surface area contributed by atoms with Gasteiger partial charge >= 0.3 is 0 Å². The number of nitrogens with zero attached hydrogens (tertiary/aromatic N) is 1. The lowest BCUT2D eigenvalue weighted by molar-refractivity contribution is -0.124. The Balaban J connectivity index is 2.52. The van der Waals surface area contributed by atoms with E-state index in [9.17, 15) is 0 Å². The normalized spacial score (nSPS) is 28.4. The van der Waals surface area contributed by atoms with Gasteiger partial charge in [-0.25, -0.2) is 0 Å². The molecule has 1 aliphatic heterocycles. The van der Waals surface area contributed by atoms with E-state index in [1.54, 1.807) is 5.54 Å². The molecule has 0 aromatic rings. The van der Waals surface area contributed by atoms with Crippen molar-refractivity contribution in [3.8, 4) is 0 Å². The maximum atomic E-state index is 5.81. The van der Waals surface area contributed by atoms with Crippen LogP contribution >= 0.6 is 23.2 Å². The summed E-state index contributed by atoms with van der Waals surface area (Å²) in [6.45, 7) is 6.84. The van der Waals surface area contributed by atoms with Crippen molar-refractivity contribution in [2.45, 2.75) is 25.6 Å². The summed E-state index contributed by atoms with van der Waals surface area (Å²) in [5.74, 6) is 0.546. The molecule has 0 N–H and O–H groups in total. The molecule has 0 radical (unpaired) electrons. The summed E-state index contributed by atoms with van der Waals surface area (Å²) in [5.41, 5.74) is 1.44. The number of rotatable bonds is 3. The molecule has 1 unspecified atom stereocenters. The smallest absolute Gasteiger partial charge is 0.0845 e. The third-order valence-corrected chi connectivity index (χ3v) is 2.70. The van der Waals surface area contributed by atoms with Crippen LogP contribution in [-0.4, -0.2) is 42.1 Å². The van der Waals surface area contributed by atoms with Gasteiger partial charge in [-0.2, -0.15) is 0 Å². The van der Waals surface area contributed by atoms with E-state index < -0.39 is 0 Å². The van der Waals surface area contributed by atoms with Crippen LogP contribution in [0.5, 0.6) is 0 Å². The van der Waals surface area contributed by atoms with Crippen LogP contribution in [0.3, 0.4) is 0 Å². The molecular formula is C10H17Cl2NO. The quantitative estimate of drug-likeness (QED) is 0.700. The van der Waals surface area contributed by atoms with Crippen LogP contribution in [0.1, 0.15) is 13.8 Å². The Morgan fingerprint density at radius 2 is 2.29 bits per heavy atom. The Morgan fingerprint density at radius 1 is 1.57 bits per heavy atom. The second-order valence-electron chi connectivity index (χ2n) is 4.21.